The van der Waals surface area contributed by atoms with Gasteiger partial charge in [0.15, 0.2) is 11.5 Å². The lowest BCUT2D eigenvalue weighted by Gasteiger charge is -2.17. The van der Waals surface area contributed by atoms with Gasteiger partial charge in [-0.25, -0.2) is 0 Å². The van der Waals surface area contributed by atoms with E-state index in [1.54, 1.807) is 6.20 Å². The molecule has 0 radical (unpaired) electrons. The van der Waals surface area contributed by atoms with Gasteiger partial charge in [-0.2, -0.15) is 4.98 Å². The van der Waals surface area contributed by atoms with Crippen LogP contribution >= 0.6 is 0 Å². The van der Waals surface area contributed by atoms with Crippen LogP contribution in [-0.4, -0.2) is 37.6 Å². The van der Waals surface area contributed by atoms with Gasteiger partial charge in [-0.3, -0.25) is 9.48 Å². The summed E-state index contributed by atoms with van der Waals surface area (Å²) in [4.78, 5) is 16.8. The fraction of sp³-hybridized carbons (Fsp3) is 0.643. The van der Waals surface area contributed by atoms with Crippen LogP contribution in [0.25, 0.3) is 0 Å². The number of hydrogen-bond acceptors (Lipinski definition) is 7. The zero-order chi connectivity index (χ0) is 16.4. The average Bonchev–Trinajstić information content (AvgIpc) is 3.07. The van der Waals surface area contributed by atoms with Crippen LogP contribution in [-0.2, 0) is 6.54 Å². The molecule has 1 aliphatic carbocycles. The van der Waals surface area contributed by atoms with Crippen molar-refractivity contribution in [2.75, 3.05) is 6.54 Å². The van der Waals surface area contributed by atoms with Crippen LogP contribution < -0.4 is 11.1 Å². The van der Waals surface area contributed by atoms with Gasteiger partial charge in [-0.1, -0.05) is 24.2 Å². The smallest absolute Gasteiger partial charge is 0.274 e. The quantitative estimate of drug-likeness (QED) is 0.766. The number of nitrogens with two attached hydrogens (primary N) is 1. The van der Waals surface area contributed by atoms with Crippen molar-refractivity contribution in [3.05, 3.63) is 23.6 Å². The number of rotatable bonds is 7. The second kappa shape index (κ2) is 6.45. The van der Waals surface area contributed by atoms with Crippen LogP contribution in [0.15, 0.2) is 10.7 Å². The summed E-state index contributed by atoms with van der Waals surface area (Å²) >= 11 is 0. The Labute approximate surface area is 133 Å². The summed E-state index contributed by atoms with van der Waals surface area (Å²) in [7, 11) is 0. The summed E-state index contributed by atoms with van der Waals surface area (Å²) in [5.74, 6) is 1.36. The molecule has 9 nitrogen and oxygen atoms in total. The molecule has 1 unspecified atom stereocenters. The highest BCUT2D eigenvalue weighted by Gasteiger charge is 2.32. The molecule has 0 aromatic carbocycles. The molecule has 0 saturated heterocycles. The molecule has 0 bridgehead atoms. The lowest BCUT2D eigenvalue weighted by Crippen LogP contribution is -2.32. The molecule has 2 aromatic rings. The van der Waals surface area contributed by atoms with Gasteiger partial charge < -0.3 is 15.6 Å². The summed E-state index contributed by atoms with van der Waals surface area (Å²) in [5, 5.41) is 14.6. The van der Waals surface area contributed by atoms with Gasteiger partial charge in [0, 0.05) is 12.5 Å². The molecule has 2 aromatic heterocycles. The topological polar surface area (TPSA) is 125 Å². The SMILES string of the molecule is CC(C)C(NC(=O)c1cn(CCN)nn1)c1nc(C2CC2)no1. The fourth-order valence-electron chi connectivity index (χ4n) is 2.25. The van der Waals surface area contributed by atoms with E-state index in [9.17, 15) is 4.79 Å². The Morgan fingerprint density at radius 3 is 2.96 bits per heavy atom. The van der Waals surface area contributed by atoms with E-state index in [1.165, 1.54) is 4.68 Å². The van der Waals surface area contributed by atoms with Crippen molar-refractivity contribution >= 4 is 5.91 Å². The van der Waals surface area contributed by atoms with Crippen LogP contribution in [0.3, 0.4) is 0 Å². The van der Waals surface area contributed by atoms with E-state index in [-0.39, 0.29) is 23.6 Å². The molecule has 23 heavy (non-hydrogen) atoms. The maximum atomic E-state index is 12.4. The molecule has 124 valence electrons. The first-order chi connectivity index (χ1) is 11.1. The number of nitrogens with one attached hydrogen (secondary N) is 1. The largest absolute Gasteiger partial charge is 0.339 e. The van der Waals surface area contributed by atoms with E-state index >= 15 is 0 Å². The second-order valence-electron chi connectivity index (χ2n) is 6.12. The zero-order valence-electron chi connectivity index (χ0n) is 13.3. The Bertz CT molecular complexity index is 674. The summed E-state index contributed by atoms with van der Waals surface area (Å²) < 4.78 is 6.88. The van der Waals surface area contributed by atoms with E-state index in [0.717, 1.165) is 18.7 Å². The molecule has 3 rings (SSSR count). The van der Waals surface area contributed by atoms with Crippen LogP contribution in [0.4, 0.5) is 0 Å². The highest BCUT2D eigenvalue weighted by molar-refractivity contribution is 5.92. The number of carbonyl (C=O) groups excluding carboxylic acids is 1. The number of carbonyl (C=O) groups is 1. The lowest BCUT2D eigenvalue weighted by molar-refractivity contribution is 0.0908. The number of nitrogens with zero attached hydrogens (tertiary/aromatic N) is 5. The maximum Gasteiger partial charge on any atom is 0.274 e. The van der Waals surface area contributed by atoms with E-state index in [0.29, 0.717) is 24.9 Å². The molecule has 1 saturated carbocycles. The third kappa shape index (κ3) is 3.55. The van der Waals surface area contributed by atoms with Gasteiger partial charge in [0.05, 0.1) is 12.7 Å². The second-order valence-corrected chi connectivity index (χ2v) is 6.12. The summed E-state index contributed by atoms with van der Waals surface area (Å²) in [6.45, 7) is 4.92. The highest BCUT2D eigenvalue weighted by atomic mass is 16.5. The van der Waals surface area contributed by atoms with E-state index in [1.807, 2.05) is 13.8 Å². The lowest BCUT2D eigenvalue weighted by atomic mass is 10.0. The Morgan fingerprint density at radius 1 is 1.52 bits per heavy atom. The molecule has 2 heterocycles. The van der Waals surface area contributed by atoms with Crippen LogP contribution in [0, 0.1) is 5.92 Å². The van der Waals surface area contributed by atoms with Gasteiger partial charge >= 0.3 is 0 Å². The first-order valence-corrected chi connectivity index (χ1v) is 7.83. The molecular formula is C14H21N7O2. The Morgan fingerprint density at radius 2 is 2.30 bits per heavy atom. The summed E-state index contributed by atoms with van der Waals surface area (Å²) in [6, 6.07) is -0.359. The van der Waals surface area contributed by atoms with Gasteiger partial charge in [0.2, 0.25) is 5.89 Å². The Hall–Kier alpha value is -2.29. The molecule has 0 spiro atoms. The molecule has 1 amide bonds. The minimum Gasteiger partial charge on any atom is -0.339 e. The van der Waals surface area contributed by atoms with Crippen molar-refractivity contribution in [3.8, 4) is 0 Å². The van der Waals surface area contributed by atoms with Crippen molar-refractivity contribution in [2.45, 2.75) is 45.2 Å². The van der Waals surface area contributed by atoms with Gasteiger partial charge in [0.25, 0.3) is 5.91 Å². The van der Waals surface area contributed by atoms with E-state index < -0.39 is 0 Å². The predicted octanol–water partition coefficient (Wildman–Crippen LogP) is 0.624. The third-order valence-electron chi connectivity index (χ3n) is 3.75. The standard InChI is InChI=1S/C14H21N7O2/c1-8(2)11(14-17-12(19-23-14)9-3-4-9)16-13(22)10-7-21(6-5-15)20-18-10/h7-9,11H,3-6,15H2,1-2H3,(H,16,22). The van der Waals surface area contributed by atoms with Crippen molar-refractivity contribution in [1.29, 1.82) is 0 Å². The minimum atomic E-state index is -0.359. The summed E-state index contributed by atoms with van der Waals surface area (Å²) in [5.41, 5.74) is 5.70. The summed E-state index contributed by atoms with van der Waals surface area (Å²) in [6.07, 6.45) is 3.77. The van der Waals surface area contributed by atoms with E-state index in [2.05, 4.69) is 25.8 Å². The normalized spacial score (nSPS) is 15.8. The Kier molecular flexibility index (Phi) is 4.37. The number of hydrogen-bond donors (Lipinski definition) is 2. The average molecular weight is 319 g/mol. The van der Waals surface area contributed by atoms with Crippen molar-refractivity contribution in [1.82, 2.24) is 30.5 Å². The molecule has 3 N–H and O–H groups in total. The molecule has 1 atom stereocenters. The van der Waals surface area contributed by atoms with Crippen LogP contribution in [0.2, 0.25) is 0 Å². The molecular weight excluding hydrogens is 298 g/mol. The third-order valence-corrected chi connectivity index (χ3v) is 3.75. The Balaban J connectivity index is 1.71. The van der Waals surface area contributed by atoms with Gasteiger partial charge in [0.1, 0.15) is 6.04 Å². The number of amides is 1. The monoisotopic (exact) mass is 319 g/mol. The van der Waals surface area contributed by atoms with Crippen molar-refractivity contribution in [3.63, 3.8) is 0 Å². The zero-order valence-corrected chi connectivity index (χ0v) is 13.3. The maximum absolute atomic E-state index is 12.4. The van der Waals surface area contributed by atoms with E-state index in [4.69, 9.17) is 10.3 Å². The van der Waals surface area contributed by atoms with Crippen molar-refractivity contribution in [2.24, 2.45) is 11.7 Å². The molecule has 0 aliphatic heterocycles. The molecule has 1 aliphatic rings. The first-order valence-electron chi connectivity index (χ1n) is 7.83. The predicted molar refractivity (Wildman–Crippen MR) is 80.4 cm³/mol. The van der Waals surface area contributed by atoms with Gasteiger partial charge in [-0.05, 0) is 18.8 Å². The molecule has 9 heteroatoms. The molecule has 1 fully saturated rings. The van der Waals surface area contributed by atoms with Crippen LogP contribution in [0.1, 0.15) is 60.9 Å². The van der Waals surface area contributed by atoms with Crippen molar-refractivity contribution < 1.29 is 9.32 Å². The first kappa shape index (κ1) is 15.6. The van der Waals surface area contributed by atoms with Crippen LogP contribution in [0.5, 0.6) is 0 Å². The minimum absolute atomic E-state index is 0.102. The number of aromatic nitrogens is 5. The highest BCUT2D eigenvalue weighted by Crippen LogP contribution is 2.38. The fourth-order valence-corrected chi connectivity index (χ4v) is 2.25. The van der Waals surface area contributed by atoms with Gasteiger partial charge in [-0.15, -0.1) is 5.10 Å².